The molecule has 0 aliphatic carbocycles. The zero-order valence-electron chi connectivity index (χ0n) is 7.05. The standard InChI is InChI=1S/C10H12FN/c1-7-9(6-12-7)8-4-2-3-5-10(8)11/h2-5,7,9,12H,6H2,1H3. The minimum absolute atomic E-state index is 0.0733. The lowest BCUT2D eigenvalue weighted by Gasteiger charge is -2.35. The smallest absolute Gasteiger partial charge is 0.126 e. The molecule has 1 aliphatic heterocycles. The van der Waals surface area contributed by atoms with Gasteiger partial charge in [0.25, 0.3) is 0 Å². The predicted octanol–water partition coefficient (Wildman–Crippen LogP) is 1.90. The summed E-state index contributed by atoms with van der Waals surface area (Å²) in [6.07, 6.45) is 0. The Morgan fingerprint density at radius 2 is 2.17 bits per heavy atom. The van der Waals surface area contributed by atoms with E-state index in [2.05, 4.69) is 12.2 Å². The van der Waals surface area contributed by atoms with Gasteiger partial charge < -0.3 is 5.32 Å². The molecule has 0 spiro atoms. The first-order chi connectivity index (χ1) is 5.79. The molecule has 0 radical (unpaired) electrons. The fraction of sp³-hybridized carbons (Fsp3) is 0.400. The van der Waals surface area contributed by atoms with E-state index >= 15 is 0 Å². The molecule has 2 heteroatoms. The van der Waals surface area contributed by atoms with Gasteiger partial charge in [-0.3, -0.25) is 0 Å². The van der Waals surface area contributed by atoms with E-state index in [1.807, 2.05) is 12.1 Å². The van der Waals surface area contributed by atoms with Crippen molar-refractivity contribution in [1.82, 2.24) is 5.32 Å². The van der Waals surface area contributed by atoms with Gasteiger partial charge in [0.1, 0.15) is 5.82 Å². The van der Waals surface area contributed by atoms with Crippen LogP contribution in [0.2, 0.25) is 0 Å². The Morgan fingerprint density at radius 1 is 1.42 bits per heavy atom. The molecule has 0 aromatic heterocycles. The highest BCUT2D eigenvalue weighted by atomic mass is 19.1. The molecule has 1 saturated heterocycles. The zero-order chi connectivity index (χ0) is 8.55. The number of benzene rings is 1. The van der Waals surface area contributed by atoms with Gasteiger partial charge in [-0.05, 0) is 18.6 Å². The molecule has 1 aromatic rings. The first-order valence-electron chi connectivity index (χ1n) is 4.27. The summed E-state index contributed by atoms with van der Waals surface area (Å²) in [5.41, 5.74) is 0.851. The van der Waals surface area contributed by atoms with Crippen LogP contribution >= 0.6 is 0 Å². The van der Waals surface area contributed by atoms with Crippen LogP contribution in [0, 0.1) is 5.82 Å². The molecule has 0 bridgehead atoms. The largest absolute Gasteiger partial charge is 0.313 e. The third kappa shape index (κ3) is 1.12. The van der Waals surface area contributed by atoms with Gasteiger partial charge in [-0.25, -0.2) is 4.39 Å². The second kappa shape index (κ2) is 2.87. The summed E-state index contributed by atoms with van der Waals surface area (Å²) in [7, 11) is 0. The highest BCUT2D eigenvalue weighted by Gasteiger charge is 2.29. The molecule has 2 rings (SSSR count). The van der Waals surface area contributed by atoms with Crippen LogP contribution in [0.4, 0.5) is 4.39 Å². The zero-order valence-corrected chi connectivity index (χ0v) is 7.05. The summed E-state index contributed by atoms with van der Waals surface area (Å²) < 4.78 is 13.2. The Labute approximate surface area is 71.6 Å². The van der Waals surface area contributed by atoms with E-state index in [0.717, 1.165) is 12.1 Å². The maximum Gasteiger partial charge on any atom is 0.126 e. The van der Waals surface area contributed by atoms with Gasteiger partial charge in [0.15, 0.2) is 0 Å². The van der Waals surface area contributed by atoms with Gasteiger partial charge in [-0.15, -0.1) is 0 Å². The Morgan fingerprint density at radius 3 is 2.67 bits per heavy atom. The van der Waals surface area contributed by atoms with Gasteiger partial charge in [-0.2, -0.15) is 0 Å². The third-order valence-corrected chi connectivity index (χ3v) is 2.57. The molecule has 1 aromatic carbocycles. The maximum atomic E-state index is 13.2. The maximum absolute atomic E-state index is 13.2. The van der Waals surface area contributed by atoms with Crippen LogP contribution < -0.4 is 5.32 Å². The van der Waals surface area contributed by atoms with Crippen molar-refractivity contribution in [2.45, 2.75) is 18.9 Å². The minimum atomic E-state index is -0.0733. The quantitative estimate of drug-likeness (QED) is 0.670. The van der Waals surface area contributed by atoms with Gasteiger partial charge in [0, 0.05) is 18.5 Å². The first-order valence-corrected chi connectivity index (χ1v) is 4.27. The Bertz CT molecular complexity index is 285. The molecule has 2 atom stereocenters. The van der Waals surface area contributed by atoms with Crippen molar-refractivity contribution in [3.8, 4) is 0 Å². The van der Waals surface area contributed by atoms with Gasteiger partial charge in [-0.1, -0.05) is 18.2 Å². The summed E-state index contributed by atoms with van der Waals surface area (Å²) >= 11 is 0. The lowest BCUT2D eigenvalue weighted by atomic mass is 9.86. The molecular formula is C10H12FN. The van der Waals surface area contributed by atoms with Gasteiger partial charge >= 0.3 is 0 Å². The van der Waals surface area contributed by atoms with E-state index in [1.54, 1.807) is 6.07 Å². The Kier molecular flexibility index (Phi) is 1.85. The van der Waals surface area contributed by atoms with Crippen LogP contribution in [0.3, 0.4) is 0 Å². The number of halogens is 1. The van der Waals surface area contributed by atoms with Crippen LogP contribution in [0.5, 0.6) is 0 Å². The van der Waals surface area contributed by atoms with Crippen molar-refractivity contribution >= 4 is 0 Å². The molecule has 1 heterocycles. The molecular weight excluding hydrogens is 153 g/mol. The van der Waals surface area contributed by atoms with Crippen LogP contribution in [0.1, 0.15) is 18.4 Å². The van der Waals surface area contributed by atoms with Crippen LogP contribution in [-0.2, 0) is 0 Å². The average Bonchev–Trinajstić information content (AvgIpc) is 2.06. The van der Waals surface area contributed by atoms with Crippen LogP contribution in [-0.4, -0.2) is 12.6 Å². The summed E-state index contributed by atoms with van der Waals surface area (Å²) in [4.78, 5) is 0. The molecule has 1 N–H and O–H groups in total. The van der Waals surface area contributed by atoms with Crippen molar-refractivity contribution < 1.29 is 4.39 Å². The SMILES string of the molecule is CC1NCC1c1ccccc1F. The minimum Gasteiger partial charge on any atom is -0.313 e. The molecule has 2 unspecified atom stereocenters. The van der Waals surface area contributed by atoms with Crippen molar-refractivity contribution in [3.63, 3.8) is 0 Å². The van der Waals surface area contributed by atoms with Gasteiger partial charge in [0.2, 0.25) is 0 Å². The van der Waals surface area contributed by atoms with E-state index in [4.69, 9.17) is 0 Å². The fourth-order valence-corrected chi connectivity index (χ4v) is 1.63. The van der Waals surface area contributed by atoms with Crippen LogP contribution in [0.15, 0.2) is 24.3 Å². The van der Waals surface area contributed by atoms with E-state index < -0.39 is 0 Å². The molecule has 64 valence electrons. The predicted molar refractivity (Wildman–Crippen MR) is 46.6 cm³/mol. The molecule has 1 nitrogen and oxygen atoms in total. The molecule has 1 aliphatic rings. The lowest BCUT2D eigenvalue weighted by Crippen LogP contribution is -2.49. The van der Waals surface area contributed by atoms with Crippen LogP contribution in [0.25, 0.3) is 0 Å². The molecule has 0 saturated carbocycles. The normalized spacial score (nSPS) is 28.2. The summed E-state index contributed by atoms with van der Waals surface area (Å²) in [6.45, 7) is 2.99. The highest BCUT2D eigenvalue weighted by molar-refractivity contribution is 5.25. The van der Waals surface area contributed by atoms with E-state index in [-0.39, 0.29) is 5.82 Å². The number of hydrogen-bond donors (Lipinski definition) is 1. The lowest BCUT2D eigenvalue weighted by molar-refractivity contribution is 0.326. The molecule has 12 heavy (non-hydrogen) atoms. The average molecular weight is 165 g/mol. The molecule has 1 fully saturated rings. The number of hydrogen-bond acceptors (Lipinski definition) is 1. The number of rotatable bonds is 1. The number of nitrogens with one attached hydrogen (secondary N) is 1. The monoisotopic (exact) mass is 165 g/mol. The highest BCUT2D eigenvalue weighted by Crippen LogP contribution is 2.27. The van der Waals surface area contributed by atoms with Crippen molar-refractivity contribution in [3.05, 3.63) is 35.6 Å². The summed E-state index contributed by atoms with van der Waals surface area (Å²) in [5, 5.41) is 3.22. The summed E-state index contributed by atoms with van der Waals surface area (Å²) in [6, 6.07) is 7.44. The van der Waals surface area contributed by atoms with E-state index in [0.29, 0.717) is 12.0 Å². The van der Waals surface area contributed by atoms with E-state index in [1.165, 1.54) is 6.07 Å². The fourth-order valence-electron chi connectivity index (χ4n) is 1.63. The third-order valence-electron chi connectivity index (χ3n) is 2.57. The van der Waals surface area contributed by atoms with Crippen molar-refractivity contribution in [2.75, 3.05) is 6.54 Å². The van der Waals surface area contributed by atoms with E-state index in [9.17, 15) is 4.39 Å². The topological polar surface area (TPSA) is 12.0 Å². The summed E-state index contributed by atoms with van der Waals surface area (Å²) in [5.74, 6) is 0.294. The Hall–Kier alpha value is -0.890. The first kappa shape index (κ1) is 7.74. The second-order valence-electron chi connectivity index (χ2n) is 3.32. The van der Waals surface area contributed by atoms with Crippen molar-refractivity contribution in [1.29, 1.82) is 0 Å². The van der Waals surface area contributed by atoms with Gasteiger partial charge in [0.05, 0.1) is 0 Å². The Balaban J connectivity index is 2.27. The second-order valence-corrected chi connectivity index (χ2v) is 3.32. The molecule has 0 amide bonds. The van der Waals surface area contributed by atoms with Crippen molar-refractivity contribution in [2.24, 2.45) is 0 Å².